The second kappa shape index (κ2) is 5.34. The summed E-state index contributed by atoms with van der Waals surface area (Å²) in [6, 6.07) is 5.45. The summed E-state index contributed by atoms with van der Waals surface area (Å²) < 4.78 is 6.02. The van der Waals surface area contributed by atoms with E-state index >= 15 is 0 Å². The zero-order valence-corrected chi connectivity index (χ0v) is 11.1. The van der Waals surface area contributed by atoms with Crippen molar-refractivity contribution in [3.63, 3.8) is 0 Å². The molecule has 0 aliphatic rings. The average molecular weight is 287 g/mol. The number of methoxy groups -OCH3 is 1. The van der Waals surface area contributed by atoms with Crippen LogP contribution in [0.15, 0.2) is 22.7 Å². The first-order valence-electron chi connectivity index (χ1n) is 5.04. The highest BCUT2D eigenvalue weighted by Gasteiger charge is 2.27. The lowest BCUT2D eigenvalue weighted by atomic mass is 9.88. The molecule has 4 heteroatoms. The molecule has 1 aromatic rings. The van der Waals surface area contributed by atoms with Crippen molar-refractivity contribution >= 4 is 21.9 Å². The Morgan fingerprint density at radius 1 is 1.44 bits per heavy atom. The van der Waals surface area contributed by atoms with Gasteiger partial charge in [0.25, 0.3) is 0 Å². The van der Waals surface area contributed by atoms with Crippen LogP contribution in [0.1, 0.15) is 25.3 Å². The van der Waals surface area contributed by atoms with Gasteiger partial charge in [0.2, 0.25) is 0 Å². The van der Waals surface area contributed by atoms with Crippen molar-refractivity contribution in [3.05, 3.63) is 28.2 Å². The van der Waals surface area contributed by atoms with Crippen LogP contribution in [0.5, 0.6) is 5.75 Å². The molecule has 0 amide bonds. The van der Waals surface area contributed by atoms with Crippen molar-refractivity contribution in [2.45, 2.75) is 19.8 Å². The monoisotopic (exact) mass is 286 g/mol. The molecular weight excluding hydrogens is 272 g/mol. The van der Waals surface area contributed by atoms with Crippen LogP contribution in [0.25, 0.3) is 0 Å². The van der Waals surface area contributed by atoms with E-state index in [9.17, 15) is 9.90 Å². The molecule has 1 unspecified atom stereocenters. The smallest absolute Gasteiger partial charge is 0.311 e. The molecule has 1 aromatic carbocycles. The number of hydrogen-bond acceptors (Lipinski definition) is 2. The maximum atomic E-state index is 11.2. The van der Waals surface area contributed by atoms with Gasteiger partial charge in [-0.25, -0.2) is 0 Å². The van der Waals surface area contributed by atoms with Crippen molar-refractivity contribution in [1.29, 1.82) is 0 Å². The third kappa shape index (κ3) is 2.55. The number of rotatable bonds is 4. The number of hydrogen-bond donors (Lipinski definition) is 1. The van der Waals surface area contributed by atoms with Gasteiger partial charge >= 0.3 is 5.97 Å². The molecule has 88 valence electrons. The second-order valence-corrected chi connectivity index (χ2v) is 4.78. The summed E-state index contributed by atoms with van der Waals surface area (Å²) in [7, 11) is 1.54. The minimum Gasteiger partial charge on any atom is -0.495 e. The molecule has 0 aliphatic carbocycles. The van der Waals surface area contributed by atoms with Gasteiger partial charge in [-0.1, -0.05) is 26.0 Å². The van der Waals surface area contributed by atoms with Gasteiger partial charge in [0.1, 0.15) is 5.75 Å². The Hall–Kier alpha value is -1.03. The van der Waals surface area contributed by atoms with E-state index in [-0.39, 0.29) is 5.92 Å². The van der Waals surface area contributed by atoms with Crippen molar-refractivity contribution < 1.29 is 14.6 Å². The van der Waals surface area contributed by atoms with E-state index in [1.165, 1.54) is 0 Å². The number of aliphatic carboxylic acids is 1. The molecule has 0 saturated carbocycles. The van der Waals surface area contributed by atoms with Gasteiger partial charge in [0.15, 0.2) is 0 Å². The number of carbonyl (C=O) groups is 1. The number of halogens is 1. The largest absolute Gasteiger partial charge is 0.495 e. The zero-order valence-electron chi connectivity index (χ0n) is 9.53. The number of benzene rings is 1. The van der Waals surface area contributed by atoms with E-state index < -0.39 is 11.9 Å². The topological polar surface area (TPSA) is 46.5 Å². The molecule has 0 bridgehead atoms. The van der Waals surface area contributed by atoms with Crippen LogP contribution in [-0.2, 0) is 4.79 Å². The fourth-order valence-electron chi connectivity index (χ4n) is 1.76. The predicted molar refractivity (Wildman–Crippen MR) is 65.9 cm³/mol. The van der Waals surface area contributed by atoms with Gasteiger partial charge in [0, 0.05) is 5.56 Å². The Morgan fingerprint density at radius 2 is 2.06 bits per heavy atom. The Morgan fingerprint density at radius 3 is 2.50 bits per heavy atom. The maximum Gasteiger partial charge on any atom is 0.311 e. The molecule has 0 aliphatic heterocycles. The van der Waals surface area contributed by atoms with Gasteiger partial charge in [-0.2, -0.15) is 0 Å². The first-order chi connectivity index (χ1) is 7.49. The molecule has 0 saturated heterocycles. The van der Waals surface area contributed by atoms with Crippen molar-refractivity contribution in [3.8, 4) is 5.75 Å². The van der Waals surface area contributed by atoms with Crippen LogP contribution in [0.3, 0.4) is 0 Å². The summed E-state index contributed by atoms with van der Waals surface area (Å²) in [5.41, 5.74) is 0.708. The zero-order chi connectivity index (χ0) is 12.3. The molecule has 0 fully saturated rings. The van der Waals surface area contributed by atoms with Crippen molar-refractivity contribution in [2.75, 3.05) is 7.11 Å². The van der Waals surface area contributed by atoms with Gasteiger partial charge in [0.05, 0.1) is 17.5 Å². The Labute approximate surface area is 104 Å². The molecule has 0 radical (unpaired) electrons. The predicted octanol–water partition coefficient (Wildman–Crippen LogP) is 3.28. The molecule has 0 spiro atoms. The van der Waals surface area contributed by atoms with E-state index in [1.807, 2.05) is 26.0 Å². The lowest BCUT2D eigenvalue weighted by Crippen LogP contribution is -2.18. The summed E-state index contributed by atoms with van der Waals surface area (Å²) >= 11 is 3.36. The van der Waals surface area contributed by atoms with E-state index in [2.05, 4.69) is 15.9 Å². The van der Waals surface area contributed by atoms with Gasteiger partial charge in [-0.05, 0) is 27.9 Å². The molecule has 1 rings (SSSR count). The van der Waals surface area contributed by atoms with Crippen molar-refractivity contribution in [2.24, 2.45) is 5.92 Å². The molecule has 1 atom stereocenters. The van der Waals surface area contributed by atoms with Crippen LogP contribution >= 0.6 is 15.9 Å². The number of ether oxygens (including phenoxy) is 1. The molecule has 1 N–H and O–H groups in total. The lowest BCUT2D eigenvalue weighted by molar-refractivity contribution is -0.139. The third-order valence-electron chi connectivity index (χ3n) is 2.47. The highest BCUT2D eigenvalue weighted by atomic mass is 79.9. The van der Waals surface area contributed by atoms with E-state index in [0.29, 0.717) is 11.3 Å². The molecular formula is C12H15BrO3. The van der Waals surface area contributed by atoms with Crippen LogP contribution in [0.2, 0.25) is 0 Å². The Balaban J connectivity index is 3.29. The van der Waals surface area contributed by atoms with Gasteiger partial charge < -0.3 is 9.84 Å². The Kier molecular flexibility index (Phi) is 4.35. The quantitative estimate of drug-likeness (QED) is 0.924. The maximum absolute atomic E-state index is 11.2. The van der Waals surface area contributed by atoms with Gasteiger partial charge in [-0.15, -0.1) is 0 Å². The van der Waals surface area contributed by atoms with Crippen LogP contribution in [0, 0.1) is 5.92 Å². The summed E-state index contributed by atoms with van der Waals surface area (Å²) in [5, 5.41) is 9.24. The van der Waals surface area contributed by atoms with E-state index in [0.717, 1.165) is 4.47 Å². The first-order valence-corrected chi connectivity index (χ1v) is 5.83. The number of carboxylic acids is 1. The Bertz CT molecular complexity index is 388. The van der Waals surface area contributed by atoms with E-state index in [1.54, 1.807) is 13.2 Å². The normalized spacial score (nSPS) is 12.6. The molecule has 3 nitrogen and oxygen atoms in total. The highest BCUT2D eigenvalue weighted by molar-refractivity contribution is 9.10. The van der Waals surface area contributed by atoms with Crippen LogP contribution in [-0.4, -0.2) is 18.2 Å². The fraction of sp³-hybridized carbons (Fsp3) is 0.417. The van der Waals surface area contributed by atoms with E-state index in [4.69, 9.17) is 4.74 Å². The minimum atomic E-state index is -0.827. The molecule has 0 aromatic heterocycles. The lowest BCUT2D eigenvalue weighted by Gasteiger charge is -2.19. The highest BCUT2D eigenvalue weighted by Crippen LogP contribution is 2.36. The standard InChI is InChI=1S/C12H15BrO3/c1-7(2)10(12(14)15)8-5-4-6-9(13)11(8)16-3/h4-7,10H,1-3H3,(H,14,15). The SMILES string of the molecule is COc1c(Br)cccc1C(C(=O)O)C(C)C. The minimum absolute atomic E-state index is 0.0145. The van der Waals surface area contributed by atoms with Crippen molar-refractivity contribution in [1.82, 2.24) is 0 Å². The molecule has 0 heterocycles. The number of para-hydroxylation sites is 1. The summed E-state index contributed by atoms with van der Waals surface area (Å²) in [6.45, 7) is 3.78. The first kappa shape index (κ1) is 13.0. The third-order valence-corrected chi connectivity index (χ3v) is 3.09. The van der Waals surface area contributed by atoms with Crippen LogP contribution in [0.4, 0.5) is 0 Å². The summed E-state index contributed by atoms with van der Waals surface area (Å²) in [6.07, 6.45) is 0. The molecule has 16 heavy (non-hydrogen) atoms. The fourth-order valence-corrected chi connectivity index (χ4v) is 2.31. The summed E-state index contributed by atoms with van der Waals surface area (Å²) in [4.78, 5) is 11.2. The van der Waals surface area contributed by atoms with Gasteiger partial charge in [-0.3, -0.25) is 4.79 Å². The number of carboxylic acid groups (broad SMARTS) is 1. The summed E-state index contributed by atoms with van der Waals surface area (Å²) in [5.74, 6) is -0.761. The second-order valence-electron chi connectivity index (χ2n) is 3.92. The average Bonchev–Trinajstić information content (AvgIpc) is 2.16. The van der Waals surface area contributed by atoms with Crippen LogP contribution < -0.4 is 4.74 Å².